The minimum absolute atomic E-state index is 0.198. The summed E-state index contributed by atoms with van der Waals surface area (Å²) in [5.41, 5.74) is 3.86. The first-order valence-electron chi connectivity index (χ1n) is 16.5. The molecular weight excluding hydrogens is 640 g/mol. The van der Waals surface area contributed by atoms with E-state index in [4.69, 9.17) is 37.9 Å². The molecule has 0 spiro atoms. The van der Waals surface area contributed by atoms with Crippen LogP contribution in [-0.4, -0.2) is 60.3 Å². The average Bonchev–Trinajstić information content (AvgIpc) is 3.14. The van der Waals surface area contributed by atoms with E-state index in [0.29, 0.717) is 77.1 Å². The minimum Gasteiger partial charge on any atom is -0.497 e. The van der Waals surface area contributed by atoms with Gasteiger partial charge in [-0.3, -0.25) is 4.79 Å². The van der Waals surface area contributed by atoms with Crippen molar-refractivity contribution in [3.05, 3.63) is 89.0 Å². The zero-order valence-corrected chi connectivity index (χ0v) is 29.3. The van der Waals surface area contributed by atoms with Gasteiger partial charge in [-0.05, 0) is 92.1 Å². The lowest BCUT2D eigenvalue weighted by molar-refractivity contribution is 0.0935. The van der Waals surface area contributed by atoms with E-state index in [9.17, 15) is 4.79 Å². The Morgan fingerprint density at radius 2 is 1.22 bits per heavy atom. The summed E-state index contributed by atoms with van der Waals surface area (Å²) >= 11 is 0. The number of anilines is 1. The van der Waals surface area contributed by atoms with E-state index < -0.39 is 6.17 Å². The predicted molar refractivity (Wildman–Crippen MR) is 193 cm³/mol. The van der Waals surface area contributed by atoms with Crippen LogP contribution in [0.2, 0.25) is 0 Å². The highest BCUT2D eigenvalue weighted by Crippen LogP contribution is 2.40. The van der Waals surface area contributed by atoms with Crippen molar-refractivity contribution < 1.29 is 42.7 Å². The maximum absolute atomic E-state index is 12.8. The van der Waals surface area contributed by atoms with Crippen LogP contribution in [0.4, 0.5) is 5.69 Å². The summed E-state index contributed by atoms with van der Waals surface area (Å²) in [6, 6.07) is 20.5. The third-order valence-corrected chi connectivity index (χ3v) is 7.75. The number of hydrogen-bond acceptors (Lipinski definition) is 10. The van der Waals surface area contributed by atoms with Crippen LogP contribution in [0.1, 0.15) is 54.0 Å². The van der Waals surface area contributed by atoms with Crippen LogP contribution < -0.4 is 48.5 Å². The summed E-state index contributed by atoms with van der Waals surface area (Å²) in [7, 11) is 4.74. The smallest absolute Gasteiger partial charge is 0.255 e. The lowest BCUT2D eigenvalue weighted by atomic mass is 10.0. The summed E-state index contributed by atoms with van der Waals surface area (Å²) in [5.74, 6) is 4.54. The summed E-state index contributed by atoms with van der Waals surface area (Å²) in [6.07, 6.45) is 3.52. The molecule has 2 N–H and O–H groups in total. The highest BCUT2D eigenvalue weighted by molar-refractivity contribution is 6.02. The van der Waals surface area contributed by atoms with Crippen molar-refractivity contribution >= 4 is 23.7 Å². The number of benzene rings is 4. The SMILES string of the molecule is CCOc1cc(C=Cc2ccc(OC)c(OCCOc3ccc(C4NC(=O)c5cc(OC)ccc5N4)cc3OC)c2)cc(OCC)c1OCC. The standard InChI is InChI=1S/C39H44N2O9/c1-7-46-35-21-26(22-36(47-8-2)37(35)48-9-3)11-10-25-12-16-31(44-5)34(20-25)50-19-18-49-32-17-13-27(23-33(32)45-6)38-40-30-15-14-28(43-4)24-29(30)39(42)41-38/h10-17,20-24,38,40H,7-9,18-19H2,1-6H3,(H,41,42). The number of methoxy groups -OCH3 is 3. The Morgan fingerprint density at radius 1 is 0.580 bits per heavy atom. The molecule has 1 amide bonds. The fourth-order valence-electron chi connectivity index (χ4n) is 5.42. The second kappa shape index (κ2) is 17.1. The van der Waals surface area contributed by atoms with Gasteiger partial charge in [0.15, 0.2) is 34.5 Å². The van der Waals surface area contributed by atoms with Gasteiger partial charge in [0.05, 0.1) is 46.7 Å². The van der Waals surface area contributed by atoms with Crippen molar-refractivity contribution in [1.82, 2.24) is 5.32 Å². The van der Waals surface area contributed by atoms with Gasteiger partial charge in [0, 0.05) is 5.69 Å². The second-order valence-electron chi connectivity index (χ2n) is 11.0. The third kappa shape index (κ3) is 8.46. The first-order chi connectivity index (χ1) is 24.4. The number of rotatable bonds is 17. The summed E-state index contributed by atoms with van der Waals surface area (Å²) < 4.78 is 46.1. The quantitative estimate of drug-likeness (QED) is 0.0862. The Bertz CT molecular complexity index is 1780. The second-order valence-corrected chi connectivity index (χ2v) is 11.0. The van der Waals surface area contributed by atoms with Crippen LogP contribution in [0.3, 0.4) is 0 Å². The molecule has 1 heterocycles. The van der Waals surface area contributed by atoms with Crippen LogP contribution in [0.5, 0.6) is 46.0 Å². The maximum atomic E-state index is 12.8. The van der Waals surface area contributed by atoms with Gasteiger partial charge in [-0.2, -0.15) is 0 Å². The highest BCUT2D eigenvalue weighted by Gasteiger charge is 2.26. The van der Waals surface area contributed by atoms with E-state index in [1.54, 1.807) is 27.4 Å². The number of fused-ring (bicyclic) bond motifs is 1. The molecule has 0 radical (unpaired) electrons. The largest absolute Gasteiger partial charge is 0.497 e. The van der Waals surface area contributed by atoms with Crippen LogP contribution in [0.25, 0.3) is 12.2 Å². The van der Waals surface area contributed by atoms with Crippen molar-refractivity contribution in [3.8, 4) is 46.0 Å². The van der Waals surface area contributed by atoms with Crippen molar-refractivity contribution in [2.75, 3.05) is 59.7 Å². The van der Waals surface area contributed by atoms with Gasteiger partial charge < -0.3 is 48.5 Å². The molecule has 4 aromatic rings. The van der Waals surface area contributed by atoms with Crippen LogP contribution in [0.15, 0.2) is 66.7 Å². The first-order valence-corrected chi connectivity index (χ1v) is 16.5. The van der Waals surface area contributed by atoms with Gasteiger partial charge in [0.1, 0.15) is 25.1 Å². The normalized spacial score (nSPS) is 13.5. The topological polar surface area (TPSA) is 115 Å². The van der Waals surface area contributed by atoms with Crippen molar-refractivity contribution in [2.24, 2.45) is 0 Å². The molecule has 50 heavy (non-hydrogen) atoms. The predicted octanol–water partition coefficient (Wildman–Crippen LogP) is 7.39. The van der Waals surface area contributed by atoms with E-state index in [1.807, 2.05) is 93.6 Å². The molecule has 1 atom stereocenters. The molecule has 0 aromatic heterocycles. The fourth-order valence-corrected chi connectivity index (χ4v) is 5.42. The number of hydrogen-bond donors (Lipinski definition) is 2. The van der Waals surface area contributed by atoms with Crippen LogP contribution in [0, 0.1) is 0 Å². The molecule has 11 nitrogen and oxygen atoms in total. The van der Waals surface area contributed by atoms with E-state index in [0.717, 1.165) is 16.7 Å². The summed E-state index contributed by atoms with van der Waals surface area (Å²) in [6.45, 7) is 7.81. The van der Waals surface area contributed by atoms with Crippen molar-refractivity contribution in [3.63, 3.8) is 0 Å². The van der Waals surface area contributed by atoms with Gasteiger partial charge in [0.2, 0.25) is 5.75 Å². The minimum atomic E-state index is -0.448. The molecule has 0 fully saturated rings. The molecule has 4 aromatic carbocycles. The van der Waals surface area contributed by atoms with E-state index in [-0.39, 0.29) is 19.1 Å². The Balaban J connectivity index is 1.23. The van der Waals surface area contributed by atoms with Gasteiger partial charge in [0.25, 0.3) is 5.91 Å². The Labute approximate surface area is 293 Å². The molecule has 264 valence electrons. The van der Waals surface area contributed by atoms with Crippen molar-refractivity contribution in [2.45, 2.75) is 26.9 Å². The lowest BCUT2D eigenvalue weighted by Gasteiger charge is -2.28. The molecule has 0 saturated heterocycles. The van der Waals surface area contributed by atoms with E-state index in [2.05, 4.69) is 10.6 Å². The Hall–Kier alpha value is -5.71. The fraction of sp³-hybridized carbons (Fsp3) is 0.308. The lowest BCUT2D eigenvalue weighted by Crippen LogP contribution is -2.38. The van der Waals surface area contributed by atoms with Crippen LogP contribution in [-0.2, 0) is 0 Å². The number of carbonyl (C=O) groups excluding carboxylic acids is 1. The monoisotopic (exact) mass is 684 g/mol. The number of nitrogens with one attached hydrogen (secondary N) is 2. The zero-order chi connectivity index (χ0) is 35.5. The average molecular weight is 685 g/mol. The number of ether oxygens (including phenoxy) is 8. The molecule has 1 aliphatic heterocycles. The highest BCUT2D eigenvalue weighted by atomic mass is 16.6. The molecule has 0 aliphatic carbocycles. The summed E-state index contributed by atoms with van der Waals surface area (Å²) in [5, 5.41) is 6.34. The Morgan fingerprint density at radius 3 is 1.88 bits per heavy atom. The molecule has 5 rings (SSSR count). The van der Waals surface area contributed by atoms with Gasteiger partial charge >= 0.3 is 0 Å². The zero-order valence-electron chi connectivity index (χ0n) is 29.3. The van der Waals surface area contributed by atoms with E-state index in [1.165, 1.54) is 0 Å². The van der Waals surface area contributed by atoms with Gasteiger partial charge in [-0.1, -0.05) is 24.3 Å². The maximum Gasteiger partial charge on any atom is 0.255 e. The van der Waals surface area contributed by atoms with Gasteiger partial charge in [-0.25, -0.2) is 0 Å². The molecule has 0 saturated carbocycles. The molecule has 1 unspecified atom stereocenters. The molecular formula is C39H44N2O9. The first kappa shape index (κ1) is 35.6. The molecule has 0 bridgehead atoms. The van der Waals surface area contributed by atoms with Crippen molar-refractivity contribution in [1.29, 1.82) is 0 Å². The molecule has 1 aliphatic rings. The van der Waals surface area contributed by atoms with E-state index >= 15 is 0 Å². The van der Waals surface area contributed by atoms with Gasteiger partial charge in [-0.15, -0.1) is 0 Å². The third-order valence-electron chi connectivity index (χ3n) is 7.75. The number of amides is 1. The summed E-state index contributed by atoms with van der Waals surface area (Å²) in [4.78, 5) is 12.8. The Kier molecular flexibility index (Phi) is 12.2. The van der Waals surface area contributed by atoms with Crippen LogP contribution >= 0.6 is 0 Å². The molecule has 11 heteroatoms. The number of carbonyl (C=O) groups is 1.